The summed E-state index contributed by atoms with van der Waals surface area (Å²) in [7, 11) is 1.61. The van der Waals surface area contributed by atoms with E-state index in [9.17, 15) is 4.79 Å². The fourth-order valence-corrected chi connectivity index (χ4v) is 3.76. The second kappa shape index (κ2) is 9.22. The lowest BCUT2D eigenvalue weighted by atomic mass is 10.1. The van der Waals surface area contributed by atoms with Crippen LogP contribution in [0.25, 0.3) is 0 Å². The Labute approximate surface area is 186 Å². The molecule has 0 bridgehead atoms. The van der Waals surface area contributed by atoms with Crippen LogP contribution in [-0.4, -0.2) is 53.6 Å². The van der Waals surface area contributed by atoms with E-state index in [1.807, 2.05) is 24.0 Å². The van der Waals surface area contributed by atoms with Gasteiger partial charge in [-0.3, -0.25) is 4.79 Å². The highest BCUT2D eigenvalue weighted by atomic mass is 35.5. The number of ether oxygens (including phenoxy) is 2. The predicted molar refractivity (Wildman–Crippen MR) is 119 cm³/mol. The van der Waals surface area contributed by atoms with Gasteiger partial charge < -0.3 is 19.3 Å². The molecule has 7 nitrogen and oxygen atoms in total. The summed E-state index contributed by atoms with van der Waals surface area (Å²) >= 11 is 6.02. The first-order valence-corrected chi connectivity index (χ1v) is 10.4. The first kappa shape index (κ1) is 20.9. The molecule has 1 aliphatic heterocycles. The Morgan fingerprint density at radius 2 is 1.87 bits per heavy atom. The summed E-state index contributed by atoms with van der Waals surface area (Å²) in [5.41, 5.74) is 0.653. The number of nitrogens with zero attached hydrogens (tertiary/aromatic N) is 4. The average molecular weight is 439 g/mol. The van der Waals surface area contributed by atoms with Crippen molar-refractivity contribution < 1.29 is 14.3 Å². The standard InChI is InChI=1S/C23H23ClN4O3/c1-16-14-27(10-11-28(16)23(29)17-6-8-19(30-2)9-7-17)21-13-22(26-15-25-21)31-20-5-3-4-18(24)12-20/h3-9,12-13,15-16H,10-11,14H2,1-2H3. The zero-order valence-electron chi connectivity index (χ0n) is 17.4. The molecule has 0 saturated carbocycles. The highest BCUT2D eigenvalue weighted by Crippen LogP contribution is 2.26. The molecule has 0 aliphatic carbocycles. The number of rotatable bonds is 5. The number of aromatic nitrogens is 2. The molecule has 0 spiro atoms. The van der Waals surface area contributed by atoms with Gasteiger partial charge in [0.1, 0.15) is 23.6 Å². The Kier molecular flexibility index (Phi) is 6.23. The third-order valence-corrected chi connectivity index (χ3v) is 5.43. The number of amides is 1. The fourth-order valence-electron chi connectivity index (χ4n) is 3.58. The third-order valence-electron chi connectivity index (χ3n) is 5.20. The minimum absolute atomic E-state index is 0.0162. The molecular weight excluding hydrogens is 416 g/mol. The van der Waals surface area contributed by atoms with E-state index in [1.165, 1.54) is 6.33 Å². The molecule has 160 valence electrons. The molecule has 4 rings (SSSR count). The van der Waals surface area contributed by atoms with Gasteiger partial charge in [-0.15, -0.1) is 0 Å². The monoisotopic (exact) mass is 438 g/mol. The summed E-state index contributed by atoms with van der Waals surface area (Å²) in [6.45, 7) is 3.97. The van der Waals surface area contributed by atoms with E-state index in [0.717, 1.165) is 11.6 Å². The largest absolute Gasteiger partial charge is 0.497 e. The van der Waals surface area contributed by atoms with Crippen molar-refractivity contribution in [3.8, 4) is 17.4 Å². The quantitative estimate of drug-likeness (QED) is 0.592. The minimum atomic E-state index is 0.0162. The van der Waals surface area contributed by atoms with Crippen LogP contribution in [0, 0.1) is 0 Å². The van der Waals surface area contributed by atoms with E-state index in [-0.39, 0.29) is 11.9 Å². The molecule has 3 aromatic rings. The number of hydrogen-bond acceptors (Lipinski definition) is 6. The lowest BCUT2D eigenvalue weighted by Gasteiger charge is -2.40. The Hall–Kier alpha value is -3.32. The zero-order chi connectivity index (χ0) is 21.8. The lowest BCUT2D eigenvalue weighted by molar-refractivity contribution is 0.0673. The molecule has 1 unspecified atom stereocenters. The van der Waals surface area contributed by atoms with Gasteiger partial charge in [0, 0.05) is 42.3 Å². The van der Waals surface area contributed by atoms with Crippen LogP contribution in [0.1, 0.15) is 17.3 Å². The molecule has 0 radical (unpaired) electrons. The molecule has 1 aliphatic rings. The van der Waals surface area contributed by atoms with Gasteiger partial charge in [0.15, 0.2) is 0 Å². The molecular formula is C23H23ClN4O3. The number of anilines is 1. The van der Waals surface area contributed by atoms with E-state index in [4.69, 9.17) is 21.1 Å². The summed E-state index contributed by atoms with van der Waals surface area (Å²) in [5, 5.41) is 0.596. The van der Waals surface area contributed by atoms with Crippen molar-refractivity contribution in [2.45, 2.75) is 13.0 Å². The smallest absolute Gasteiger partial charge is 0.254 e. The van der Waals surface area contributed by atoms with Crippen molar-refractivity contribution >= 4 is 23.3 Å². The van der Waals surface area contributed by atoms with Crippen LogP contribution in [0.4, 0.5) is 5.82 Å². The number of halogens is 1. The van der Waals surface area contributed by atoms with Crippen molar-refractivity contribution in [1.29, 1.82) is 0 Å². The van der Waals surface area contributed by atoms with Crippen LogP contribution in [0.5, 0.6) is 17.4 Å². The second-order valence-electron chi connectivity index (χ2n) is 7.30. The maximum atomic E-state index is 12.9. The fraction of sp³-hybridized carbons (Fsp3) is 0.261. The van der Waals surface area contributed by atoms with Crippen molar-refractivity contribution in [2.75, 3.05) is 31.6 Å². The highest BCUT2D eigenvalue weighted by molar-refractivity contribution is 6.30. The third kappa shape index (κ3) is 4.88. The van der Waals surface area contributed by atoms with Crippen LogP contribution in [0.2, 0.25) is 5.02 Å². The molecule has 31 heavy (non-hydrogen) atoms. The number of benzene rings is 2. The zero-order valence-corrected chi connectivity index (χ0v) is 18.1. The van der Waals surface area contributed by atoms with Gasteiger partial charge in [-0.05, 0) is 49.4 Å². The Morgan fingerprint density at radius 1 is 1.06 bits per heavy atom. The van der Waals surface area contributed by atoms with Crippen molar-refractivity contribution in [3.05, 3.63) is 71.5 Å². The van der Waals surface area contributed by atoms with Gasteiger partial charge in [0.25, 0.3) is 5.91 Å². The van der Waals surface area contributed by atoms with Crippen LogP contribution < -0.4 is 14.4 Å². The molecule has 8 heteroatoms. The van der Waals surface area contributed by atoms with E-state index in [0.29, 0.717) is 41.8 Å². The summed E-state index contributed by atoms with van der Waals surface area (Å²) in [4.78, 5) is 25.6. The lowest BCUT2D eigenvalue weighted by Crippen LogP contribution is -2.54. The molecule has 0 N–H and O–H groups in total. The molecule has 1 amide bonds. The van der Waals surface area contributed by atoms with Crippen molar-refractivity contribution in [1.82, 2.24) is 14.9 Å². The van der Waals surface area contributed by atoms with Crippen LogP contribution in [0.3, 0.4) is 0 Å². The number of methoxy groups -OCH3 is 1. The highest BCUT2D eigenvalue weighted by Gasteiger charge is 2.29. The number of hydrogen-bond donors (Lipinski definition) is 0. The maximum Gasteiger partial charge on any atom is 0.254 e. The van der Waals surface area contributed by atoms with Gasteiger partial charge in [-0.25, -0.2) is 9.97 Å². The summed E-state index contributed by atoms with van der Waals surface area (Å²) < 4.78 is 11.0. The molecule has 1 saturated heterocycles. The van der Waals surface area contributed by atoms with Crippen molar-refractivity contribution in [2.24, 2.45) is 0 Å². The summed E-state index contributed by atoms with van der Waals surface area (Å²) in [5.74, 6) is 2.56. The molecule has 1 atom stereocenters. The van der Waals surface area contributed by atoms with Crippen LogP contribution in [-0.2, 0) is 0 Å². The predicted octanol–water partition coefficient (Wildman–Crippen LogP) is 4.28. The van der Waals surface area contributed by atoms with Gasteiger partial charge in [-0.2, -0.15) is 0 Å². The number of carbonyl (C=O) groups is 1. The van der Waals surface area contributed by atoms with Gasteiger partial charge in [0.2, 0.25) is 5.88 Å². The van der Waals surface area contributed by atoms with E-state index >= 15 is 0 Å². The first-order valence-electron chi connectivity index (χ1n) is 9.99. The summed E-state index contributed by atoms with van der Waals surface area (Å²) in [6, 6.07) is 16.2. The van der Waals surface area contributed by atoms with Gasteiger partial charge in [-0.1, -0.05) is 17.7 Å². The van der Waals surface area contributed by atoms with Crippen LogP contribution in [0.15, 0.2) is 60.9 Å². The maximum absolute atomic E-state index is 12.9. The summed E-state index contributed by atoms with van der Waals surface area (Å²) in [6.07, 6.45) is 1.48. The number of carbonyl (C=O) groups excluding carboxylic acids is 1. The van der Waals surface area contributed by atoms with E-state index in [2.05, 4.69) is 14.9 Å². The molecule has 2 aromatic carbocycles. The van der Waals surface area contributed by atoms with E-state index in [1.54, 1.807) is 49.6 Å². The van der Waals surface area contributed by atoms with Crippen LogP contribution >= 0.6 is 11.6 Å². The van der Waals surface area contributed by atoms with Gasteiger partial charge >= 0.3 is 0 Å². The van der Waals surface area contributed by atoms with E-state index < -0.39 is 0 Å². The Bertz CT molecular complexity index is 1060. The molecule has 2 heterocycles. The van der Waals surface area contributed by atoms with Gasteiger partial charge in [0.05, 0.1) is 7.11 Å². The minimum Gasteiger partial charge on any atom is -0.497 e. The Balaban J connectivity index is 1.43. The average Bonchev–Trinajstić information content (AvgIpc) is 2.79. The normalized spacial score (nSPS) is 16.2. The van der Waals surface area contributed by atoms with Crippen molar-refractivity contribution in [3.63, 3.8) is 0 Å². The first-order chi connectivity index (χ1) is 15.0. The number of piperazine rings is 1. The SMILES string of the molecule is COc1ccc(C(=O)N2CCN(c3cc(Oc4cccc(Cl)c4)ncn3)CC2C)cc1. The topological polar surface area (TPSA) is 67.8 Å². The molecule has 1 fully saturated rings. The Morgan fingerprint density at radius 3 is 2.58 bits per heavy atom. The second-order valence-corrected chi connectivity index (χ2v) is 7.73. The molecule has 1 aromatic heterocycles.